The molecule has 0 radical (unpaired) electrons. The number of hydrogen-bond acceptors (Lipinski definition) is 4. The normalized spacial score (nSPS) is 12.0. The molecule has 0 aliphatic rings. The molecule has 0 saturated carbocycles. The maximum atomic E-state index is 11.6. The number of carboxylic acid groups (broad SMARTS) is 1. The first-order valence-corrected chi connectivity index (χ1v) is 7.66. The number of carbonyl (C=O) groups excluding carboxylic acids is 1. The summed E-state index contributed by atoms with van der Waals surface area (Å²) in [4.78, 5) is 23.0. The minimum absolute atomic E-state index is 0.175. The minimum atomic E-state index is -1.57. The molecule has 110 valence electrons. The summed E-state index contributed by atoms with van der Waals surface area (Å²) in [6.07, 6.45) is -1.57. The van der Waals surface area contributed by atoms with Crippen molar-refractivity contribution in [1.29, 1.82) is 0 Å². The number of aliphatic carboxylic acids is 1. The van der Waals surface area contributed by atoms with Crippen molar-refractivity contribution in [3.63, 3.8) is 0 Å². The summed E-state index contributed by atoms with van der Waals surface area (Å²) in [6.45, 7) is 3.64. The number of nitrogens with one attached hydrogen (secondary N) is 1. The molecule has 0 aromatic heterocycles. The van der Waals surface area contributed by atoms with Crippen molar-refractivity contribution in [3.8, 4) is 0 Å². The van der Waals surface area contributed by atoms with Crippen molar-refractivity contribution in [2.75, 3.05) is 12.3 Å². The second kappa shape index (κ2) is 7.66. The number of carboxylic acids is 1. The Bertz CT molecular complexity index is 521. The van der Waals surface area contributed by atoms with Crippen LogP contribution >= 0.6 is 27.7 Å². The van der Waals surface area contributed by atoms with Gasteiger partial charge in [-0.25, -0.2) is 4.79 Å². The molecular weight excluding hydrogens is 346 g/mol. The minimum Gasteiger partial charge on any atom is -0.479 e. The standard InChI is InChI=1S/C13H16BrNO4S/c1-7-4-11(8(2)3-9(7)14)20-6-12(17)15-5-10(16)13(18)19/h3-4,10,16H,5-6H2,1-2H3,(H,15,17)(H,18,19)/t10-/m0/s1. The zero-order valence-corrected chi connectivity index (χ0v) is 13.5. The fourth-order valence-electron chi connectivity index (χ4n) is 1.40. The lowest BCUT2D eigenvalue weighted by Crippen LogP contribution is -2.37. The maximum Gasteiger partial charge on any atom is 0.334 e. The summed E-state index contributed by atoms with van der Waals surface area (Å²) in [5.41, 5.74) is 2.14. The molecule has 1 aromatic carbocycles. The predicted molar refractivity (Wildman–Crippen MR) is 81.0 cm³/mol. The van der Waals surface area contributed by atoms with Gasteiger partial charge in [-0.15, -0.1) is 11.8 Å². The molecule has 0 unspecified atom stereocenters. The van der Waals surface area contributed by atoms with E-state index < -0.39 is 12.1 Å². The molecule has 5 nitrogen and oxygen atoms in total. The topological polar surface area (TPSA) is 86.6 Å². The van der Waals surface area contributed by atoms with Crippen molar-refractivity contribution in [2.24, 2.45) is 0 Å². The Balaban J connectivity index is 2.49. The molecule has 7 heteroatoms. The number of aliphatic hydroxyl groups is 1. The first-order chi connectivity index (χ1) is 9.31. The number of halogens is 1. The molecule has 0 aliphatic carbocycles. The van der Waals surface area contributed by atoms with Gasteiger partial charge in [0.25, 0.3) is 0 Å². The molecule has 0 spiro atoms. The summed E-state index contributed by atoms with van der Waals surface area (Å²) in [5, 5.41) is 19.9. The van der Waals surface area contributed by atoms with E-state index in [9.17, 15) is 9.59 Å². The highest BCUT2D eigenvalue weighted by atomic mass is 79.9. The fraction of sp³-hybridized carbons (Fsp3) is 0.385. The van der Waals surface area contributed by atoms with Gasteiger partial charge in [0, 0.05) is 9.37 Å². The van der Waals surface area contributed by atoms with Crippen LogP contribution in [0.2, 0.25) is 0 Å². The number of aryl methyl sites for hydroxylation is 2. The molecule has 0 heterocycles. The number of aliphatic hydroxyl groups excluding tert-OH is 1. The van der Waals surface area contributed by atoms with Gasteiger partial charge in [-0.05, 0) is 37.1 Å². The molecule has 20 heavy (non-hydrogen) atoms. The van der Waals surface area contributed by atoms with Crippen LogP contribution in [-0.4, -0.2) is 40.5 Å². The quantitative estimate of drug-likeness (QED) is 0.671. The molecule has 0 aliphatic heterocycles. The van der Waals surface area contributed by atoms with Gasteiger partial charge >= 0.3 is 5.97 Å². The Morgan fingerprint density at radius 1 is 1.35 bits per heavy atom. The van der Waals surface area contributed by atoms with E-state index in [0.29, 0.717) is 0 Å². The largest absolute Gasteiger partial charge is 0.479 e. The number of amides is 1. The van der Waals surface area contributed by atoms with Gasteiger partial charge in [-0.3, -0.25) is 4.79 Å². The highest BCUT2D eigenvalue weighted by Gasteiger charge is 2.14. The Morgan fingerprint density at radius 2 is 2.00 bits per heavy atom. The molecule has 1 rings (SSSR count). The van der Waals surface area contributed by atoms with Crippen LogP contribution in [0, 0.1) is 13.8 Å². The van der Waals surface area contributed by atoms with Crippen LogP contribution in [0.15, 0.2) is 21.5 Å². The van der Waals surface area contributed by atoms with Gasteiger partial charge in [0.2, 0.25) is 5.91 Å². The number of rotatable bonds is 6. The average Bonchev–Trinajstić information content (AvgIpc) is 2.38. The zero-order chi connectivity index (χ0) is 15.3. The molecule has 1 amide bonds. The van der Waals surface area contributed by atoms with Gasteiger partial charge < -0.3 is 15.5 Å². The first kappa shape index (κ1) is 17.0. The number of thioether (sulfide) groups is 1. The molecule has 1 atom stereocenters. The van der Waals surface area contributed by atoms with E-state index in [1.54, 1.807) is 0 Å². The predicted octanol–water partition coefficient (Wildman–Crippen LogP) is 1.72. The number of benzene rings is 1. The summed E-state index contributed by atoms with van der Waals surface area (Å²) >= 11 is 4.82. The second-order valence-corrected chi connectivity index (χ2v) is 6.19. The lowest BCUT2D eigenvalue weighted by atomic mass is 10.2. The van der Waals surface area contributed by atoms with Gasteiger partial charge in [0.05, 0.1) is 12.3 Å². The Hall–Kier alpha value is -1.05. The second-order valence-electron chi connectivity index (χ2n) is 4.31. The van der Waals surface area contributed by atoms with Gasteiger partial charge in [-0.2, -0.15) is 0 Å². The van der Waals surface area contributed by atoms with E-state index in [1.807, 2.05) is 26.0 Å². The van der Waals surface area contributed by atoms with E-state index in [0.717, 1.165) is 20.5 Å². The first-order valence-electron chi connectivity index (χ1n) is 5.88. The van der Waals surface area contributed by atoms with E-state index in [1.165, 1.54) is 11.8 Å². The molecule has 0 bridgehead atoms. The zero-order valence-electron chi connectivity index (χ0n) is 11.1. The Labute approximate surface area is 129 Å². The van der Waals surface area contributed by atoms with E-state index in [-0.39, 0.29) is 18.2 Å². The smallest absolute Gasteiger partial charge is 0.334 e. The fourth-order valence-corrected chi connectivity index (χ4v) is 2.80. The SMILES string of the molecule is Cc1cc(SCC(=O)NC[C@H](O)C(=O)O)c(C)cc1Br. The van der Waals surface area contributed by atoms with Crippen LogP contribution in [0.1, 0.15) is 11.1 Å². The van der Waals surface area contributed by atoms with E-state index >= 15 is 0 Å². The van der Waals surface area contributed by atoms with Crippen molar-refractivity contribution in [3.05, 3.63) is 27.7 Å². The summed E-state index contributed by atoms with van der Waals surface area (Å²) in [6, 6.07) is 3.98. The van der Waals surface area contributed by atoms with Crippen molar-refractivity contribution < 1.29 is 19.8 Å². The number of carbonyl (C=O) groups is 2. The molecule has 1 aromatic rings. The molecule has 0 fully saturated rings. The molecule has 0 saturated heterocycles. The monoisotopic (exact) mass is 361 g/mol. The van der Waals surface area contributed by atoms with E-state index in [4.69, 9.17) is 10.2 Å². The third-order valence-corrected chi connectivity index (χ3v) is 4.60. The highest BCUT2D eigenvalue weighted by Crippen LogP contribution is 2.28. The lowest BCUT2D eigenvalue weighted by molar-refractivity contribution is -0.146. The maximum absolute atomic E-state index is 11.6. The number of hydrogen-bond donors (Lipinski definition) is 3. The third kappa shape index (κ3) is 5.15. The Morgan fingerprint density at radius 3 is 2.60 bits per heavy atom. The lowest BCUT2D eigenvalue weighted by Gasteiger charge is -2.10. The van der Waals surface area contributed by atoms with Crippen molar-refractivity contribution in [1.82, 2.24) is 5.32 Å². The van der Waals surface area contributed by atoms with Crippen LogP contribution in [0.25, 0.3) is 0 Å². The third-order valence-electron chi connectivity index (χ3n) is 2.59. The summed E-state index contributed by atoms with van der Waals surface area (Å²) in [5.74, 6) is -1.48. The average molecular weight is 362 g/mol. The highest BCUT2D eigenvalue weighted by molar-refractivity contribution is 9.10. The van der Waals surface area contributed by atoms with E-state index in [2.05, 4.69) is 21.2 Å². The van der Waals surface area contributed by atoms with Crippen LogP contribution in [-0.2, 0) is 9.59 Å². The van der Waals surface area contributed by atoms with Crippen LogP contribution in [0.4, 0.5) is 0 Å². The van der Waals surface area contributed by atoms with Gasteiger partial charge in [0.15, 0.2) is 6.10 Å². The van der Waals surface area contributed by atoms with Crippen LogP contribution in [0.3, 0.4) is 0 Å². The van der Waals surface area contributed by atoms with Crippen molar-refractivity contribution in [2.45, 2.75) is 24.8 Å². The summed E-state index contributed by atoms with van der Waals surface area (Å²) in [7, 11) is 0. The van der Waals surface area contributed by atoms with Gasteiger partial charge in [-0.1, -0.05) is 15.9 Å². The van der Waals surface area contributed by atoms with Crippen molar-refractivity contribution >= 4 is 39.6 Å². The van der Waals surface area contributed by atoms with Gasteiger partial charge in [0.1, 0.15) is 0 Å². The molecular formula is C13H16BrNO4S. The Kier molecular flexibility index (Phi) is 6.51. The van der Waals surface area contributed by atoms with Crippen LogP contribution < -0.4 is 5.32 Å². The van der Waals surface area contributed by atoms with Crippen LogP contribution in [0.5, 0.6) is 0 Å². The molecule has 3 N–H and O–H groups in total. The summed E-state index contributed by atoms with van der Waals surface area (Å²) < 4.78 is 1.02.